The molecule has 4 heteroatoms. The van der Waals surface area contributed by atoms with Gasteiger partial charge in [-0.25, -0.2) is 9.97 Å². The lowest BCUT2D eigenvalue weighted by Gasteiger charge is -2.04. The van der Waals surface area contributed by atoms with Crippen LogP contribution in [0, 0.1) is 13.8 Å². The number of aromatic nitrogens is 3. The topological polar surface area (TPSA) is 56.7 Å². The van der Waals surface area contributed by atoms with E-state index in [0.29, 0.717) is 11.6 Å². The van der Waals surface area contributed by atoms with Crippen molar-refractivity contribution in [3.8, 4) is 11.4 Å². The van der Waals surface area contributed by atoms with Gasteiger partial charge in [-0.05, 0) is 19.9 Å². The number of hydrogen-bond donors (Lipinski definition) is 1. The maximum Gasteiger partial charge on any atom is 0.164 e. The van der Waals surface area contributed by atoms with Crippen LogP contribution in [0.15, 0.2) is 30.3 Å². The molecule has 0 atom stereocenters. The van der Waals surface area contributed by atoms with Gasteiger partial charge < -0.3 is 10.3 Å². The van der Waals surface area contributed by atoms with Crippen molar-refractivity contribution in [3.63, 3.8) is 0 Å². The van der Waals surface area contributed by atoms with Gasteiger partial charge in [0.05, 0.1) is 0 Å². The highest BCUT2D eigenvalue weighted by molar-refractivity contribution is 5.96. The molecule has 19 heavy (non-hydrogen) atoms. The van der Waals surface area contributed by atoms with Gasteiger partial charge in [-0.2, -0.15) is 0 Å². The van der Waals surface area contributed by atoms with Gasteiger partial charge in [0.1, 0.15) is 5.82 Å². The molecule has 3 rings (SSSR count). The van der Waals surface area contributed by atoms with Crippen molar-refractivity contribution in [2.45, 2.75) is 13.8 Å². The molecule has 2 aromatic heterocycles. The number of anilines is 1. The summed E-state index contributed by atoms with van der Waals surface area (Å²) < 4.78 is 2.16. The molecule has 0 amide bonds. The Bertz CT molecular complexity index is 751. The number of nitrogens with two attached hydrogens (primary N) is 1. The van der Waals surface area contributed by atoms with Crippen LogP contribution in [0.2, 0.25) is 0 Å². The molecule has 4 nitrogen and oxygen atoms in total. The van der Waals surface area contributed by atoms with Crippen molar-refractivity contribution in [3.05, 3.63) is 41.7 Å². The molecule has 2 N–H and O–H groups in total. The molecule has 0 bridgehead atoms. The lowest BCUT2D eigenvalue weighted by atomic mass is 10.1. The van der Waals surface area contributed by atoms with E-state index in [1.807, 2.05) is 19.1 Å². The van der Waals surface area contributed by atoms with Crippen molar-refractivity contribution in [1.29, 1.82) is 0 Å². The van der Waals surface area contributed by atoms with E-state index in [1.54, 1.807) is 6.07 Å². The predicted molar refractivity (Wildman–Crippen MR) is 77.8 cm³/mol. The van der Waals surface area contributed by atoms with E-state index in [1.165, 1.54) is 5.52 Å². The molecule has 0 saturated heterocycles. The second-order valence-corrected chi connectivity index (χ2v) is 4.79. The Hall–Kier alpha value is -2.36. The summed E-state index contributed by atoms with van der Waals surface area (Å²) in [5.74, 6) is 1.21. The summed E-state index contributed by atoms with van der Waals surface area (Å²) in [4.78, 5) is 8.91. The molecule has 0 radical (unpaired) electrons. The number of aryl methyl sites for hydroxylation is 2. The number of para-hydroxylation sites is 1. The highest BCUT2D eigenvalue weighted by Crippen LogP contribution is 2.32. The predicted octanol–water partition coefficient (Wildman–Crippen LogP) is 2.83. The average molecular weight is 252 g/mol. The lowest BCUT2D eigenvalue weighted by molar-refractivity contribution is 0.917. The van der Waals surface area contributed by atoms with Crippen LogP contribution in [-0.4, -0.2) is 14.5 Å². The molecule has 0 aliphatic carbocycles. The fourth-order valence-electron chi connectivity index (χ4n) is 2.51. The Morgan fingerprint density at radius 2 is 1.84 bits per heavy atom. The second-order valence-electron chi connectivity index (χ2n) is 4.79. The van der Waals surface area contributed by atoms with Crippen molar-refractivity contribution < 1.29 is 0 Å². The zero-order valence-electron chi connectivity index (χ0n) is 11.3. The first-order valence-corrected chi connectivity index (χ1v) is 6.23. The van der Waals surface area contributed by atoms with Crippen molar-refractivity contribution in [1.82, 2.24) is 14.5 Å². The molecular weight excluding hydrogens is 236 g/mol. The van der Waals surface area contributed by atoms with Crippen LogP contribution in [0.1, 0.15) is 11.4 Å². The molecular formula is C15H16N4. The number of nitrogens with zero attached hydrogens (tertiary/aromatic N) is 3. The van der Waals surface area contributed by atoms with E-state index >= 15 is 0 Å². The Morgan fingerprint density at radius 1 is 1.11 bits per heavy atom. The number of fused-ring (bicyclic) bond motifs is 1. The summed E-state index contributed by atoms with van der Waals surface area (Å²) in [6.45, 7) is 4.01. The number of benzene rings is 1. The summed E-state index contributed by atoms with van der Waals surface area (Å²) in [6.07, 6.45) is 0. The van der Waals surface area contributed by atoms with E-state index in [2.05, 4.69) is 40.6 Å². The first kappa shape index (κ1) is 11.7. The Labute approximate surface area is 111 Å². The standard InChI is InChI=1S/C15H16N4/c1-9-8-13(16)18-15(17-9)14-10(2)19(3)12-7-5-4-6-11(12)14/h4-8H,1-3H3,(H2,16,17,18). The van der Waals surface area contributed by atoms with Crippen molar-refractivity contribution >= 4 is 16.7 Å². The average Bonchev–Trinajstić information content (AvgIpc) is 2.61. The van der Waals surface area contributed by atoms with Crippen LogP contribution in [0.4, 0.5) is 5.82 Å². The van der Waals surface area contributed by atoms with Crippen molar-refractivity contribution in [2.75, 3.05) is 5.73 Å². The van der Waals surface area contributed by atoms with Crippen LogP contribution < -0.4 is 5.73 Å². The minimum Gasteiger partial charge on any atom is -0.384 e. The highest BCUT2D eigenvalue weighted by Gasteiger charge is 2.15. The molecule has 1 aromatic carbocycles. The third-order valence-electron chi connectivity index (χ3n) is 3.50. The third-order valence-corrected chi connectivity index (χ3v) is 3.50. The zero-order chi connectivity index (χ0) is 13.6. The van der Waals surface area contributed by atoms with Crippen molar-refractivity contribution in [2.24, 2.45) is 7.05 Å². The summed E-state index contributed by atoms with van der Waals surface area (Å²) in [6, 6.07) is 10.1. The van der Waals surface area contributed by atoms with E-state index in [4.69, 9.17) is 5.73 Å². The van der Waals surface area contributed by atoms with Gasteiger partial charge in [-0.1, -0.05) is 18.2 Å². The molecule has 0 saturated carbocycles. The highest BCUT2D eigenvalue weighted by atomic mass is 15.0. The smallest absolute Gasteiger partial charge is 0.164 e. The normalized spacial score (nSPS) is 11.1. The molecule has 96 valence electrons. The van der Waals surface area contributed by atoms with Crippen LogP contribution in [0.3, 0.4) is 0 Å². The first-order chi connectivity index (χ1) is 9.08. The maximum atomic E-state index is 5.84. The minimum atomic E-state index is 0.509. The van der Waals surface area contributed by atoms with E-state index in [9.17, 15) is 0 Å². The molecule has 0 unspecified atom stereocenters. The Morgan fingerprint density at radius 3 is 2.58 bits per heavy atom. The fraction of sp³-hybridized carbons (Fsp3) is 0.200. The number of rotatable bonds is 1. The SMILES string of the molecule is Cc1cc(N)nc(-c2c(C)n(C)c3ccccc23)n1. The van der Waals surface area contributed by atoms with E-state index < -0.39 is 0 Å². The zero-order valence-corrected chi connectivity index (χ0v) is 11.3. The van der Waals surface area contributed by atoms with Gasteiger partial charge in [0, 0.05) is 41.0 Å². The first-order valence-electron chi connectivity index (χ1n) is 6.23. The molecule has 0 aliphatic rings. The molecule has 0 aliphatic heterocycles. The molecule has 0 spiro atoms. The number of nitrogen functional groups attached to an aromatic ring is 1. The van der Waals surface area contributed by atoms with Crippen LogP contribution >= 0.6 is 0 Å². The monoisotopic (exact) mass is 252 g/mol. The summed E-state index contributed by atoms with van der Waals surface area (Å²) in [5, 5.41) is 1.16. The van der Waals surface area contributed by atoms with Gasteiger partial charge in [0.15, 0.2) is 5.82 Å². The van der Waals surface area contributed by atoms with Crippen LogP contribution in [0.25, 0.3) is 22.3 Å². The molecule has 2 heterocycles. The largest absolute Gasteiger partial charge is 0.384 e. The summed E-state index contributed by atoms with van der Waals surface area (Å²) in [5.41, 5.74) is 10.1. The second kappa shape index (κ2) is 4.09. The van der Waals surface area contributed by atoms with E-state index in [0.717, 1.165) is 22.3 Å². The maximum absolute atomic E-state index is 5.84. The Balaban J connectivity index is 2.39. The van der Waals surface area contributed by atoms with Crippen LogP contribution in [-0.2, 0) is 7.05 Å². The molecule has 3 aromatic rings. The van der Waals surface area contributed by atoms with Gasteiger partial charge in [0.25, 0.3) is 0 Å². The van der Waals surface area contributed by atoms with Gasteiger partial charge in [0.2, 0.25) is 0 Å². The van der Waals surface area contributed by atoms with Gasteiger partial charge >= 0.3 is 0 Å². The Kier molecular flexibility index (Phi) is 2.52. The molecule has 0 fully saturated rings. The third kappa shape index (κ3) is 1.76. The lowest BCUT2D eigenvalue weighted by Crippen LogP contribution is -1.99. The quantitative estimate of drug-likeness (QED) is 0.724. The minimum absolute atomic E-state index is 0.509. The van der Waals surface area contributed by atoms with Gasteiger partial charge in [-0.15, -0.1) is 0 Å². The van der Waals surface area contributed by atoms with Gasteiger partial charge in [-0.3, -0.25) is 0 Å². The number of hydrogen-bond acceptors (Lipinski definition) is 3. The van der Waals surface area contributed by atoms with Crippen LogP contribution in [0.5, 0.6) is 0 Å². The summed E-state index contributed by atoms with van der Waals surface area (Å²) in [7, 11) is 2.06. The van der Waals surface area contributed by atoms with E-state index in [-0.39, 0.29) is 0 Å². The summed E-state index contributed by atoms with van der Waals surface area (Å²) >= 11 is 0. The fourth-order valence-corrected chi connectivity index (χ4v) is 2.51.